The van der Waals surface area contributed by atoms with Crippen molar-refractivity contribution in [2.45, 2.75) is 0 Å². The number of aliphatic hydroxyl groups excluding tert-OH is 1. The van der Waals surface area contributed by atoms with Crippen LogP contribution in [0.1, 0.15) is 0 Å². The predicted molar refractivity (Wildman–Crippen MR) is 54.9 cm³/mol. The Morgan fingerprint density at radius 1 is 1.50 bits per heavy atom. The molecule has 0 aromatic rings. The molecule has 0 aliphatic heterocycles. The second-order valence-electron chi connectivity index (χ2n) is 2.41. The molecule has 0 spiro atoms. The van der Waals surface area contributed by atoms with E-state index in [0.29, 0.717) is 0 Å². The second kappa shape index (κ2) is 8.07. The van der Waals surface area contributed by atoms with E-state index in [1.807, 2.05) is 0 Å². The van der Waals surface area contributed by atoms with Gasteiger partial charge in [0.1, 0.15) is 6.61 Å². The van der Waals surface area contributed by atoms with Crippen LogP contribution in [0.15, 0.2) is 37.0 Å². The van der Waals surface area contributed by atoms with Gasteiger partial charge in [-0.25, -0.2) is 4.79 Å². The number of hydrogen-bond acceptors (Lipinski definition) is 3. The number of allylic oxidation sites excluding steroid dienone is 2. The Morgan fingerprint density at radius 2 is 2.21 bits per heavy atom. The molecule has 78 valence electrons. The molecule has 0 unspecified atom stereocenters. The maximum absolute atomic E-state index is 10.9. The maximum atomic E-state index is 10.9. The van der Waals surface area contributed by atoms with E-state index < -0.39 is 6.09 Å². The molecule has 0 aromatic carbocycles. The highest BCUT2D eigenvalue weighted by atomic mass is 16.5. The van der Waals surface area contributed by atoms with Gasteiger partial charge in [-0.15, -0.1) is 0 Å². The quantitative estimate of drug-likeness (QED) is 0.624. The van der Waals surface area contributed by atoms with Crippen molar-refractivity contribution in [3.05, 3.63) is 37.0 Å². The fourth-order valence-electron chi connectivity index (χ4n) is 0.684. The number of carbonyl (C=O) groups excluding carboxylic acids is 1. The summed E-state index contributed by atoms with van der Waals surface area (Å²) in [7, 11) is 0. The number of rotatable bonds is 6. The number of aliphatic hydroxyl groups is 1. The van der Waals surface area contributed by atoms with Crippen LogP contribution in [0, 0.1) is 0 Å². The minimum Gasteiger partial charge on any atom is -0.445 e. The molecule has 0 bridgehead atoms. The first-order valence-electron chi connectivity index (χ1n) is 4.20. The van der Waals surface area contributed by atoms with Crippen molar-refractivity contribution in [1.29, 1.82) is 0 Å². The molecule has 0 heterocycles. The molecule has 0 saturated heterocycles. The average Bonchev–Trinajstić information content (AvgIpc) is 2.21. The zero-order valence-electron chi connectivity index (χ0n) is 8.03. The van der Waals surface area contributed by atoms with Crippen molar-refractivity contribution >= 4 is 6.09 Å². The predicted octanol–water partition coefficient (Wildman–Crippen LogP) is 1.00. The molecule has 1 amide bonds. The van der Waals surface area contributed by atoms with Gasteiger partial charge in [-0.1, -0.05) is 31.4 Å². The van der Waals surface area contributed by atoms with Crippen molar-refractivity contribution in [3.8, 4) is 0 Å². The van der Waals surface area contributed by atoms with Gasteiger partial charge in [0.25, 0.3) is 0 Å². The SMILES string of the molecule is C=C/C=C(\C=C)COC(=O)NCCO. The molecule has 0 aromatic heterocycles. The van der Waals surface area contributed by atoms with E-state index in [9.17, 15) is 4.79 Å². The van der Waals surface area contributed by atoms with Crippen molar-refractivity contribution in [2.75, 3.05) is 19.8 Å². The molecule has 0 fully saturated rings. The van der Waals surface area contributed by atoms with Gasteiger partial charge in [0.15, 0.2) is 0 Å². The number of nitrogens with one attached hydrogen (secondary N) is 1. The first-order chi connectivity index (χ1) is 6.74. The third kappa shape index (κ3) is 6.02. The summed E-state index contributed by atoms with van der Waals surface area (Å²) in [6.07, 6.45) is 4.31. The monoisotopic (exact) mass is 197 g/mol. The maximum Gasteiger partial charge on any atom is 0.407 e. The molecule has 0 saturated carbocycles. The number of carbonyl (C=O) groups is 1. The molecular weight excluding hydrogens is 182 g/mol. The van der Waals surface area contributed by atoms with Gasteiger partial charge >= 0.3 is 6.09 Å². The number of hydrogen-bond donors (Lipinski definition) is 2. The summed E-state index contributed by atoms with van der Waals surface area (Å²) in [4.78, 5) is 10.9. The van der Waals surface area contributed by atoms with Gasteiger partial charge in [-0.05, 0) is 5.57 Å². The Balaban J connectivity index is 3.79. The molecule has 2 N–H and O–H groups in total. The minimum atomic E-state index is -0.559. The van der Waals surface area contributed by atoms with Crippen molar-refractivity contribution in [3.63, 3.8) is 0 Å². The lowest BCUT2D eigenvalue weighted by Crippen LogP contribution is -2.27. The number of alkyl carbamates (subject to hydrolysis) is 1. The Kier molecular flexibility index (Phi) is 7.17. The lowest BCUT2D eigenvalue weighted by Gasteiger charge is -2.05. The number of ether oxygens (including phenoxy) is 1. The Bertz CT molecular complexity index is 234. The van der Waals surface area contributed by atoms with Gasteiger partial charge in [-0.3, -0.25) is 0 Å². The molecule has 0 rings (SSSR count). The van der Waals surface area contributed by atoms with Crippen LogP contribution in [0.2, 0.25) is 0 Å². The fraction of sp³-hybridized carbons (Fsp3) is 0.300. The molecule has 0 aliphatic rings. The van der Waals surface area contributed by atoms with E-state index in [1.165, 1.54) is 0 Å². The summed E-state index contributed by atoms with van der Waals surface area (Å²) < 4.78 is 4.80. The number of amides is 1. The van der Waals surface area contributed by atoms with E-state index >= 15 is 0 Å². The molecule has 14 heavy (non-hydrogen) atoms. The van der Waals surface area contributed by atoms with Gasteiger partial charge in [0.2, 0.25) is 0 Å². The highest BCUT2D eigenvalue weighted by molar-refractivity contribution is 5.67. The van der Waals surface area contributed by atoms with Crippen molar-refractivity contribution in [1.82, 2.24) is 5.32 Å². The van der Waals surface area contributed by atoms with E-state index in [4.69, 9.17) is 9.84 Å². The fourth-order valence-corrected chi connectivity index (χ4v) is 0.684. The van der Waals surface area contributed by atoms with Crippen LogP contribution in [-0.4, -0.2) is 31.0 Å². The van der Waals surface area contributed by atoms with E-state index in [0.717, 1.165) is 5.57 Å². The standard InChI is InChI=1S/C10H15NO3/c1-3-5-9(4-2)8-14-10(13)11-6-7-12/h3-5,12H,1-2,6-8H2,(H,11,13)/b9-5+. The van der Waals surface area contributed by atoms with Crippen molar-refractivity contribution in [2.24, 2.45) is 0 Å². The largest absolute Gasteiger partial charge is 0.445 e. The van der Waals surface area contributed by atoms with Gasteiger partial charge in [-0.2, -0.15) is 0 Å². The van der Waals surface area contributed by atoms with Crippen LogP contribution in [-0.2, 0) is 4.74 Å². The second-order valence-corrected chi connectivity index (χ2v) is 2.41. The molecular formula is C10H15NO3. The van der Waals surface area contributed by atoms with Gasteiger partial charge < -0.3 is 15.2 Å². The summed E-state index contributed by atoms with van der Waals surface area (Å²) in [5.41, 5.74) is 0.763. The highest BCUT2D eigenvalue weighted by Crippen LogP contribution is 1.96. The smallest absolute Gasteiger partial charge is 0.407 e. The lowest BCUT2D eigenvalue weighted by molar-refractivity contribution is 0.153. The Hall–Kier alpha value is -1.55. The van der Waals surface area contributed by atoms with Crippen LogP contribution in [0.25, 0.3) is 0 Å². The third-order valence-electron chi connectivity index (χ3n) is 1.35. The van der Waals surface area contributed by atoms with Crippen LogP contribution < -0.4 is 5.32 Å². The first-order valence-corrected chi connectivity index (χ1v) is 4.20. The van der Waals surface area contributed by atoms with E-state index in [2.05, 4.69) is 18.5 Å². The van der Waals surface area contributed by atoms with E-state index in [-0.39, 0.29) is 19.8 Å². The Morgan fingerprint density at radius 3 is 2.71 bits per heavy atom. The average molecular weight is 197 g/mol. The summed E-state index contributed by atoms with van der Waals surface area (Å²) >= 11 is 0. The van der Waals surface area contributed by atoms with Crippen LogP contribution in [0.4, 0.5) is 4.79 Å². The molecule has 4 heteroatoms. The normalized spacial score (nSPS) is 10.5. The first kappa shape index (κ1) is 12.4. The van der Waals surface area contributed by atoms with Crippen LogP contribution >= 0.6 is 0 Å². The van der Waals surface area contributed by atoms with Crippen LogP contribution in [0.3, 0.4) is 0 Å². The molecule has 0 atom stereocenters. The highest BCUT2D eigenvalue weighted by Gasteiger charge is 2.00. The van der Waals surface area contributed by atoms with Crippen LogP contribution in [0.5, 0.6) is 0 Å². The lowest BCUT2D eigenvalue weighted by atomic mass is 10.2. The topological polar surface area (TPSA) is 58.6 Å². The zero-order chi connectivity index (χ0) is 10.8. The summed E-state index contributed by atoms with van der Waals surface area (Å²) in [6.45, 7) is 7.29. The molecule has 0 radical (unpaired) electrons. The van der Waals surface area contributed by atoms with Gasteiger partial charge in [0.05, 0.1) is 6.61 Å². The summed E-state index contributed by atoms with van der Waals surface area (Å²) in [6, 6.07) is 0. The minimum absolute atomic E-state index is 0.105. The summed E-state index contributed by atoms with van der Waals surface area (Å²) in [5.74, 6) is 0. The zero-order valence-corrected chi connectivity index (χ0v) is 8.03. The molecule has 4 nitrogen and oxygen atoms in total. The van der Waals surface area contributed by atoms with E-state index in [1.54, 1.807) is 18.2 Å². The molecule has 0 aliphatic carbocycles. The summed E-state index contributed by atoms with van der Waals surface area (Å²) in [5, 5.41) is 10.8. The van der Waals surface area contributed by atoms with Gasteiger partial charge in [0, 0.05) is 6.54 Å². The van der Waals surface area contributed by atoms with Crippen molar-refractivity contribution < 1.29 is 14.6 Å². The Labute approximate surface area is 83.6 Å². The third-order valence-corrected chi connectivity index (χ3v) is 1.35.